The number of rotatable bonds is 11. The summed E-state index contributed by atoms with van der Waals surface area (Å²) < 4.78 is 0. The van der Waals surface area contributed by atoms with E-state index in [2.05, 4.69) is 40.4 Å². The van der Waals surface area contributed by atoms with E-state index in [-0.39, 0.29) is 0 Å². The van der Waals surface area contributed by atoms with E-state index in [1.54, 1.807) is 6.20 Å². The molecular formula is C23H28N2O. The highest BCUT2D eigenvalue weighted by atomic mass is 16.1. The average Bonchev–Trinajstić information content (AvgIpc) is 3.10. The van der Waals surface area contributed by atoms with Crippen molar-refractivity contribution in [2.75, 3.05) is 0 Å². The van der Waals surface area contributed by atoms with Gasteiger partial charge >= 0.3 is 0 Å². The highest BCUT2D eigenvalue weighted by Crippen LogP contribution is 2.20. The standard InChI is InChI=1S/C23H28N2O/c26-21(15-14-19-9-8-16-24-17-19)11-5-3-1-2-4-10-20-18-25-23-13-7-6-12-22(20)23/h6-9,12-13,16-18,25H,1-5,10-11,14-15H2. The first-order valence-electron chi connectivity index (χ1n) is 9.78. The van der Waals surface area contributed by atoms with Crippen LogP contribution in [0.3, 0.4) is 0 Å². The van der Waals surface area contributed by atoms with Crippen molar-refractivity contribution in [2.45, 2.75) is 57.8 Å². The molecule has 0 fully saturated rings. The van der Waals surface area contributed by atoms with E-state index < -0.39 is 0 Å². The molecule has 0 aliphatic rings. The lowest BCUT2D eigenvalue weighted by molar-refractivity contribution is -0.119. The third-order valence-electron chi connectivity index (χ3n) is 4.99. The second-order valence-electron chi connectivity index (χ2n) is 7.03. The predicted molar refractivity (Wildman–Crippen MR) is 107 cm³/mol. The van der Waals surface area contributed by atoms with Crippen LogP contribution in [0.2, 0.25) is 0 Å². The summed E-state index contributed by atoms with van der Waals surface area (Å²) in [5, 5.41) is 1.35. The van der Waals surface area contributed by atoms with Gasteiger partial charge in [0.1, 0.15) is 5.78 Å². The van der Waals surface area contributed by atoms with Crippen LogP contribution in [0.1, 0.15) is 56.1 Å². The minimum Gasteiger partial charge on any atom is -0.361 e. The number of aromatic amines is 1. The molecule has 0 amide bonds. The third kappa shape index (κ3) is 5.55. The number of ketones is 1. The van der Waals surface area contributed by atoms with Gasteiger partial charge in [0, 0.05) is 42.3 Å². The van der Waals surface area contributed by atoms with Gasteiger partial charge in [-0.05, 0) is 48.9 Å². The number of aromatic nitrogens is 2. The molecule has 1 N–H and O–H groups in total. The Morgan fingerprint density at radius 2 is 1.73 bits per heavy atom. The fourth-order valence-electron chi connectivity index (χ4n) is 3.46. The Hall–Kier alpha value is -2.42. The van der Waals surface area contributed by atoms with E-state index in [0.29, 0.717) is 12.2 Å². The van der Waals surface area contributed by atoms with Crippen LogP contribution in [-0.2, 0) is 17.6 Å². The molecule has 26 heavy (non-hydrogen) atoms. The third-order valence-corrected chi connectivity index (χ3v) is 4.99. The van der Waals surface area contributed by atoms with Crippen molar-refractivity contribution in [1.29, 1.82) is 0 Å². The number of nitrogens with zero attached hydrogens (tertiary/aromatic N) is 1. The monoisotopic (exact) mass is 348 g/mol. The molecule has 3 heteroatoms. The number of unbranched alkanes of at least 4 members (excludes halogenated alkanes) is 4. The number of hydrogen-bond acceptors (Lipinski definition) is 2. The van der Waals surface area contributed by atoms with Crippen LogP contribution in [0.4, 0.5) is 0 Å². The molecule has 0 aliphatic carbocycles. The van der Waals surface area contributed by atoms with Gasteiger partial charge in [-0.15, -0.1) is 0 Å². The number of para-hydroxylation sites is 1. The van der Waals surface area contributed by atoms with Crippen LogP contribution in [0.15, 0.2) is 55.0 Å². The zero-order valence-electron chi connectivity index (χ0n) is 15.4. The van der Waals surface area contributed by atoms with Crippen LogP contribution in [0.25, 0.3) is 10.9 Å². The van der Waals surface area contributed by atoms with Gasteiger partial charge in [-0.1, -0.05) is 43.5 Å². The van der Waals surface area contributed by atoms with Gasteiger partial charge in [0.15, 0.2) is 0 Å². The number of Topliss-reactive ketones (excluding diaryl/α,β-unsaturated/α-hetero) is 1. The first-order chi connectivity index (χ1) is 12.8. The molecule has 0 bridgehead atoms. The number of H-pyrrole nitrogens is 1. The Bertz CT molecular complexity index is 807. The Kier molecular flexibility index (Phi) is 7.00. The molecule has 0 spiro atoms. The lowest BCUT2D eigenvalue weighted by Crippen LogP contribution is -2.00. The maximum absolute atomic E-state index is 12.0. The van der Waals surface area contributed by atoms with Gasteiger partial charge < -0.3 is 4.98 Å². The Labute approximate surface area is 155 Å². The molecule has 0 aliphatic heterocycles. The Balaban J connectivity index is 1.24. The van der Waals surface area contributed by atoms with Crippen molar-refractivity contribution in [1.82, 2.24) is 9.97 Å². The minimum absolute atomic E-state index is 0.382. The van der Waals surface area contributed by atoms with Gasteiger partial charge in [0.2, 0.25) is 0 Å². The molecular weight excluding hydrogens is 320 g/mol. The van der Waals surface area contributed by atoms with Crippen molar-refractivity contribution in [3.8, 4) is 0 Å². The lowest BCUT2D eigenvalue weighted by Gasteiger charge is -2.03. The maximum atomic E-state index is 12.0. The average molecular weight is 348 g/mol. The van der Waals surface area contributed by atoms with E-state index in [4.69, 9.17) is 0 Å². The number of hydrogen-bond donors (Lipinski definition) is 1. The van der Waals surface area contributed by atoms with E-state index in [9.17, 15) is 4.79 Å². The Morgan fingerprint density at radius 3 is 2.62 bits per heavy atom. The van der Waals surface area contributed by atoms with Gasteiger partial charge in [0.25, 0.3) is 0 Å². The van der Waals surface area contributed by atoms with Crippen LogP contribution in [0.5, 0.6) is 0 Å². The van der Waals surface area contributed by atoms with E-state index in [0.717, 1.165) is 37.7 Å². The molecule has 0 radical (unpaired) electrons. The highest BCUT2D eigenvalue weighted by Gasteiger charge is 2.04. The van der Waals surface area contributed by atoms with Crippen LogP contribution >= 0.6 is 0 Å². The van der Waals surface area contributed by atoms with Gasteiger partial charge in [-0.3, -0.25) is 9.78 Å². The zero-order valence-corrected chi connectivity index (χ0v) is 15.4. The number of benzene rings is 1. The first-order valence-corrected chi connectivity index (χ1v) is 9.78. The van der Waals surface area contributed by atoms with Crippen LogP contribution in [-0.4, -0.2) is 15.8 Å². The van der Waals surface area contributed by atoms with Crippen molar-refractivity contribution >= 4 is 16.7 Å². The summed E-state index contributed by atoms with van der Waals surface area (Å²) in [6.45, 7) is 0. The van der Waals surface area contributed by atoms with E-state index >= 15 is 0 Å². The molecule has 2 aromatic heterocycles. The van der Waals surface area contributed by atoms with Crippen LogP contribution < -0.4 is 0 Å². The second-order valence-corrected chi connectivity index (χ2v) is 7.03. The number of carbonyl (C=O) groups excluding carboxylic acids is 1. The van der Waals surface area contributed by atoms with Gasteiger partial charge in [0.05, 0.1) is 0 Å². The first kappa shape index (κ1) is 18.4. The largest absolute Gasteiger partial charge is 0.361 e. The molecule has 3 rings (SSSR count). The summed E-state index contributed by atoms with van der Waals surface area (Å²) in [6.07, 6.45) is 14.9. The summed E-state index contributed by atoms with van der Waals surface area (Å²) in [5.74, 6) is 0.382. The van der Waals surface area contributed by atoms with Gasteiger partial charge in [-0.25, -0.2) is 0 Å². The van der Waals surface area contributed by atoms with Crippen molar-refractivity contribution in [2.24, 2.45) is 0 Å². The second kappa shape index (κ2) is 9.91. The van der Waals surface area contributed by atoms with Gasteiger partial charge in [-0.2, -0.15) is 0 Å². The summed E-state index contributed by atoms with van der Waals surface area (Å²) in [6, 6.07) is 12.5. The molecule has 0 saturated heterocycles. The normalized spacial score (nSPS) is 11.1. The van der Waals surface area contributed by atoms with Crippen molar-refractivity contribution in [3.05, 3.63) is 66.1 Å². The fourth-order valence-corrected chi connectivity index (χ4v) is 3.46. The zero-order chi connectivity index (χ0) is 18.0. The number of carbonyl (C=O) groups is 1. The molecule has 0 atom stereocenters. The molecule has 136 valence electrons. The molecule has 1 aromatic carbocycles. The number of nitrogens with one attached hydrogen (secondary N) is 1. The maximum Gasteiger partial charge on any atom is 0.133 e. The molecule has 3 aromatic rings. The topological polar surface area (TPSA) is 45.8 Å². The molecule has 2 heterocycles. The molecule has 0 unspecified atom stereocenters. The highest BCUT2D eigenvalue weighted by molar-refractivity contribution is 5.83. The molecule has 0 saturated carbocycles. The summed E-state index contributed by atoms with van der Waals surface area (Å²) in [5.41, 5.74) is 3.80. The summed E-state index contributed by atoms with van der Waals surface area (Å²) in [4.78, 5) is 19.4. The SMILES string of the molecule is O=C(CCCCCCCc1c[nH]c2ccccc12)CCc1cccnc1. The number of aryl methyl sites for hydroxylation is 2. The quantitative estimate of drug-likeness (QED) is 0.455. The number of pyridine rings is 1. The summed E-state index contributed by atoms with van der Waals surface area (Å²) in [7, 11) is 0. The molecule has 3 nitrogen and oxygen atoms in total. The smallest absolute Gasteiger partial charge is 0.133 e. The van der Waals surface area contributed by atoms with Crippen molar-refractivity contribution in [3.63, 3.8) is 0 Å². The van der Waals surface area contributed by atoms with E-state index in [1.807, 2.05) is 18.3 Å². The lowest BCUT2D eigenvalue weighted by atomic mass is 10.0. The summed E-state index contributed by atoms with van der Waals surface area (Å²) >= 11 is 0. The van der Waals surface area contributed by atoms with Crippen LogP contribution in [0, 0.1) is 0 Å². The minimum atomic E-state index is 0.382. The van der Waals surface area contributed by atoms with E-state index in [1.165, 1.54) is 35.7 Å². The predicted octanol–water partition coefficient (Wildman–Crippen LogP) is 5.65. The fraction of sp³-hybridized carbons (Fsp3) is 0.391. The van der Waals surface area contributed by atoms with Crippen molar-refractivity contribution < 1.29 is 4.79 Å². The Morgan fingerprint density at radius 1 is 0.885 bits per heavy atom. The number of fused-ring (bicyclic) bond motifs is 1.